The van der Waals surface area contributed by atoms with Gasteiger partial charge in [-0.25, -0.2) is 0 Å². The minimum atomic E-state index is 0.00139. The van der Waals surface area contributed by atoms with Gasteiger partial charge in [-0.05, 0) is 26.7 Å². The predicted molar refractivity (Wildman–Crippen MR) is 68.7 cm³/mol. The fraction of sp³-hybridized carbons (Fsp3) is 0.917. The van der Waals surface area contributed by atoms with Gasteiger partial charge in [-0.3, -0.25) is 4.79 Å². The summed E-state index contributed by atoms with van der Waals surface area (Å²) in [5, 5.41) is 0.807. The highest BCUT2D eigenvalue weighted by molar-refractivity contribution is 9.09. The van der Waals surface area contributed by atoms with Gasteiger partial charge in [0.05, 0.1) is 18.1 Å². The first kappa shape index (κ1) is 14.0. The Balaban J connectivity index is 2.73. The number of ether oxygens (including phenoxy) is 1. The molecule has 0 bridgehead atoms. The SMILES string of the molecule is CC1OC(C)C(C(=O)N(C)C(C)CBr)C1C. The quantitative estimate of drug-likeness (QED) is 0.747. The summed E-state index contributed by atoms with van der Waals surface area (Å²) in [5.74, 6) is 0.505. The van der Waals surface area contributed by atoms with Gasteiger partial charge in [0.2, 0.25) is 5.91 Å². The van der Waals surface area contributed by atoms with Crippen molar-refractivity contribution >= 4 is 21.8 Å². The third kappa shape index (κ3) is 2.59. The Bertz CT molecular complexity index is 259. The number of amides is 1. The molecule has 94 valence electrons. The molecule has 5 atom stereocenters. The number of rotatable bonds is 3. The van der Waals surface area contributed by atoms with E-state index in [0.29, 0.717) is 5.92 Å². The average molecular weight is 292 g/mol. The van der Waals surface area contributed by atoms with Gasteiger partial charge in [-0.2, -0.15) is 0 Å². The second-order valence-electron chi connectivity index (χ2n) is 4.88. The molecule has 5 unspecified atom stereocenters. The van der Waals surface area contributed by atoms with E-state index in [1.807, 2.05) is 32.7 Å². The van der Waals surface area contributed by atoms with E-state index in [-0.39, 0.29) is 30.1 Å². The van der Waals surface area contributed by atoms with Crippen LogP contribution in [0.5, 0.6) is 0 Å². The van der Waals surface area contributed by atoms with E-state index in [2.05, 4.69) is 22.9 Å². The molecule has 0 aromatic heterocycles. The molecule has 0 aliphatic carbocycles. The molecule has 0 spiro atoms. The molecule has 0 radical (unpaired) electrons. The summed E-state index contributed by atoms with van der Waals surface area (Å²) in [5.41, 5.74) is 0. The molecular weight excluding hydrogens is 270 g/mol. The van der Waals surface area contributed by atoms with Crippen LogP contribution in [0.1, 0.15) is 27.7 Å². The van der Waals surface area contributed by atoms with Crippen LogP contribution in [0.25, 0.3) is 0 Å². The van der Waals surface area contributed by atoms with Gasteiger partial charge >= 0.3 is 0 Å². The summed E-state index contributed by atoms with van der Waals surface area (Å²) in [6.45, 7) is 8.18. The van der Waals surface area contributed by atoms with Crippen LogP contribution >= 0.6 is 15.9 Å². The summed E-state index contributed by atoms with van der Waals surface area (Å²) in [6.07, 6.45) is 0.208. The number of alkyl halides is 1. The van der Waals surface area contributed by atoms with Gasteiger partial charge in [0.15, 0.2) is 0 Å². The number of hydrogen-bond donors (Lipinski definition) is 0. The van der Waals surface area contributed by atoms with Crippen LogP contribution in [-0.2, 0) is 9.53 Å². The van der Waals surface area contributed by atoms with Crippen molar-refractivity contribution in [2.24, 2.45) is 11.8 Å². The van der Waals surface area contributed by atoms with Crippen molar-refractivity contribution in [3.05, 3.63) is 0 Å². The predicted octanol–water partition coefficient (Wildman–Crippen LogP) is 2.29. The zero-order chi connectivity index (χ0) is 12.5. The van der Waals surface area contributed by atoms with E-state index in [9.17, 15) is 4.79 Å². The molecule has 3 nitrogen and oxygen atoms in total. The Morgan fingerprint density at radius 2 is 1.94 bits per heavy atom. The van der Waals surface area contributed by atoms with Crippen LogP contribution in [0.3, 0.4) is 0 Å². The van der Waals surface area contributed by atoms with Crippen LogP contribution in [0.2, 0.25) is 0 Å². The van der Waals surface area contributed by atoms with Crippen LogP contribution in [0.4, 0.5) is 0 Å². The molecule has 1 rings (SSSR count). The number of halogens is 1. The van der Waals surface area contributed by atoms with E-state index in [1.54, 1.807) is 0 Å². The van der Waals surface area contributed by atoms with Crippen molar-refractivity contribution in [3.8, 4) is 0 Å². The maximum atomic E-state index is 12.3. The fourth-order valence-electron chi connectivity index (χ4n) is 2.25. The fourth-order valence-corrected chi connectivity index (χ4v) is 2.68. The summed E-state index contributed by atoms with van der Waals surface area (Å²) in [4.78, 5) is 14.2. The minimum absolute atomic E-state index is 0.00139. The highest BCUT2D eigenvalue weighted by Crippen LogP contribution is 2.33. The van der Waals surface area contributed by atoms with Gasteiger partial charge in [-0.15, -0.1) is 0 Å². The monoisotopic (exact) mass is 291 g/mol. The molecule has 4 heteroatoms. The molecule has 0 N–H and O–H groups in total. The molecule has 16 heavy (non-hydrogen) atoms. The largest absolute Gasteiger partial charge is 0.374 e. The van der Waals surface area contributed by atoms with Gasteiger partial charge in [-0.1, -0.05) is 22.9 Å². The zero-order valence-corrected chi connectivity index (χ0v) is 12.3. The molecule has 1 aliphatic rings. The third-order valence-electron chi connectivity index (χ3n) is 3.76. The number of carbonyl (C=O) groups excluding carboxylic acids is 1. The smallest absolute Gasteiger partial charge is 0.228 e. The van der Waals surface area contributed by atoms with Crippen molar-refractivity contribution in [2.45, 2.75) is 45.9 Å². The highest BCUT2D eigenvalue weighted by atomic mass is 79.9. The minimum Gasteiger partial charge on any atom is -0.374 e. The van der Waals surface area contributed by atoms with E-state index in [4.69, 9.17) is 4.74 Å². The number of nitrogens with zero attached hydrogens (tertiary/aromatic N) is 1. The number of carbonyl (C=O) groups is 1. The lowest BCUT2D eigenvalue weighted by Gasteiger charge is -2.29. The Labute approximate surface area is 107 Å². The van der Waals surface area contributed by atoms with Gasteiger partial charge in [0.1, 0.15) is 0 Å². The van der Waals surface area contributed by atoms with Crippen LogP contribution in [-0.4, -0.2) is 41.4 Å². The molecule has 0 saturated carbocycles. The van der Waals surface area contributed by atoms with E-state index >= 15 is 0 Å². The molecule has 1 saturated heterocycles. The molecular formula is C12H22BrNO2. The van der Waals surface area contributed by atoms with Crippen molar-refractivity contribution in [1.82, 2.24) is 4.90 Å². The lowest BCUT2D eigenvalue weighted by molar-refractivity contribution is -0.138. The van der Waals surface area contributed by atoms with Gasteiger partial charge in [0.25, 0.3) is 0 Å². The highest BCUT2D eigenvalue weighted by Gasteiger charge is 2.43. The second kappa shape index (κ2) is 5.50. The lowest BCUT2D eigenvalue weighted by Crippen LogP contribution is -2.43. The summed E-state index contributed by atoms with van der Waals surface area (Å²) in [7, 11) is 1.87. The summed E-state index contributed by atoms with van der Waals surface area (Å²) >= 11 is 3.41. The van der Waals surface area contributed by atoms with Crippen LogP contribution < -0.4 is 0 Å². The Hall–Kier alpha value is -0.0900. The first-order valence-corrected chi connectivity index (χ1v) is 7.00. The average Bonchev–Trinajstić information content (AvgIpc) is 2.50. The molecule has 1 fully saturated rings. The second-order valence-corrected chi connectivity index (χ2v) is 5.53. The zero-order valence-electron chi connectivity index (χ0n) is 10.7. The Kier molecular flexibility index (Phi) is 4.80. The first-order chi connectivity index (χ1) is 7.40. The van der Waals surface area contributed by atoms with E-state index in [0.717, 1.165) is 5.33 Å². The summed E-state index contributed by atoms with van der Waals surface area (Å²) in [6, 6.07) is 0.225. The maximum Gasteiger partial charge on any atom is 0.228 e. The first-order valence-electron chi connectivity index (χ1n) is 5.88. The lowest BCUT2D eigenvalue weighted by atomic mass is 9.88. The Morgan fingerprint density at radius 3 is 2.31 bits per heavy atom. The molecule has 1 aliphatic heterocycles. The van der Waals surface area contributed by atoms with Crippen LogP contribution in [0, 0.1) is 11.8 Å². The van der Waals surface area contributed by atoms with E-state index in [1.165, 1.54) is 0 Å². The topological polar surface area (TPSA) is 29.5 Å². The van der Waals surface area contributed by atoms with E-state index < -0.39 is 0 Å². The molecule has 0 aromatic carbocycles. The van der Waals surface area contributed by atoms with Gasteiger partial charge < -0.3 is 9.64 Å². The van der Waals surface area contributed by atoms with Crippen molar-refractivity contribution in [1.29, 1.82) is 0 Å². The van der Waals surface area contributed by atoms with Crippen molar-refractivity contribution < 1.29 is 9.53 Å². The number of hydrogen-bond acceptors (Lipinski definition) is 2. The normalized spacial score (nSPS) is 36.1. The molecule has 0 aromatic rings. The summed E-state index contributed by atoms with van der Waals surface area (Å²) < 4.78 is 5.71. The van der Waals surface area contributed by atoms with Crippen LogP contribution in [0.15, 0.2) is 0 Å². The molecule has 1 amide bonds. The van der Waals surface area contributed by atoms with Crippen molar-refractivity contribution in [3.63, 3.8) is 0 Å². The van der Waals surface area contributed by atoms with Crippen molar-refractivity contribution in [2.75, 3.05) is 12.4 Å². The molecule has 1 heterocycles. The Morgan fingerprint density at radius 1 is 1.38 bits per heavy atom. The van der Waals surface area contributed by atoms with Gasteiger partial charge in [0, 0.05) is 18.4 Å². The standard InChI is InChI=1S/C12H22BrNO2/c1-7(6-13)14(5)12(15)11-8(2)9(3)16-10(11)4/h7-11H,6H2,1-5H3. The third-order valence-corrected chi connectivity index (χ3v) is 4.70. The maximum absolute atomic E-state index is 12.3.